The lowest BCUT2D eigenvalue weighted by atomic mass is 10.1. The summed E-state index contributed by atoms with van der Waals surface area (Å²) in [6.07, 6.45) is 0. The predicted octanol–water partition coefficient (Wildman–Crippen LogP) is 3.60. The standard InChI is InChI=1S/C17H12FN2O3/c1-9-14-8-12(23-11-4-2-10(18)3-5-11)6-7-13(14)16(21)15(20-9)17(19)22/h2-8,19,21H,1H3. The van der Waals surface area contributed by atoms with Gasteiger partial charge in [0.15, 0.2) is 11.4 Å². The first-order valence-corrected chi connectivity index (χ1v) is 6.78. The SMILES string of the molecule is Cc1nc(C([NH])=O)c(O)c2ccc(Oc3ccc(F)cc3)cc12. The van der Waals surface area contributed by atoms with Crippen molar-refractivity contribution >= 4 is 16.7 Å². The number of carbonyl (C=O) groups excluding carboxylic acids is 1. The van der Waals surface area contributed by atoms with E-state index < -0.39 is 5.91 Å². The molecule has 0 saturated heterocycles. The fraction of sp³-hybridized carbons (Fsp3) is 0.0588. The molecule has 1 amide bonds. The Kier molecular flexibility index (Phi) is 3.57. The Morgan fingerprint density at radius 1 is 1.13 bits per heavy atom. The third kappa shape index (κ3) is 2.78. The van der Waals surface area contributed by atoms with E-state index in [2.05, 4.69) is 4.98 Å². The molecule has 3 aromatic rings. The highest BCUT2D eigenvalue weighted by Gasteiger charge is 2.16. The number of carbonyl (C=O) groups is 1. The van der Waals surface area contributed by atoms with Gasteiger partial charge in [-0.05, 0) is 49.4 Å². The molecule has 0 unspecified atom stereocenters. The summed E-state index contributed by atoms with van der Waals surface area (Å²) in [4.78, 5) is 15.2. The van der Waals surface area contributed by atoms with Crippen LogP contribution in [0.5, 0.6) is 17.2 Å². The summed E-state index contributed by atoms with van der Waals surface area (Å²) in [5.74, 6) is -0.761. The summed E-state index contributed by atoms with van der Waals surface area (Å²) in [7, 11) is 0. The molecule has 0 bridgehead atoms. The molecule has 2 N–H and O–H groups in total. The zero-order chi connectivity index (χ0) is 16.6. The van der Waals surface area contributed by atoms with E-state index in [0.717, 1.165) is 0 Å². The molecule has 1 heterocycles. The first-order valence-electron chi connectivity index (χ1n) is 6.78. The van der Waals surface area contributed by atoms with Crippen LogP contribution in [0.4, 0.5) is 4.39 Å². The van der Waals surface area contributed by atoms with Gasteiger partial charge in [0.05, 0.1) is 0 Å². The second kappa shape index (κ2) is 5.57. The molecule has 23 heavy (non-hydrogen) atoms. The van der Waals surface area contributed by atoms with Gasteiger partial charge in [-0.1, -0.05) is 0 Å². The fourth-order valence-corrected chi connectivity index (χ4v) is 2.30. The first-order chi connectivity index (χ1) is 11.0. The molecule has 3 rings (SSSR count). The Labute approximate surface area is 131 Å². The lowest BCUT2D eigenvalue weighted by Crippen LogP contribution is -2.04. The van der Waals surface area contributed by atoms with Gasteiger partial charge < -0.3 is 9.84 Å². The van der Waals surface area contributed by atoms with Crippen LogP contribution in [0, 0.1) is 12.7 Å². The number of benzene rings is 2. The van der Waals surface area contributed by atoms with Crippen LogP contribution >= 0.6 is 0 Å². The molecule has 0 spiro atoms. The van der Waals surface area contributed by atoms with Crippen LogP contribution in [0.15, 0.2) is 42.5 Å². The van der Waals surface area contributed by atoms with E-state index in [1.54, 1.807) is 25.1 Å². The van der Waals surface area contributed by atoms with E-state index in [9.17, 15) is 14.3 Å². The average molecular weight is 311 g/mol. The predicted molar refractivity (Wildman–Crippen MR) is 82.0 cm³/mol. The maximum Gasteiger partial charge on any atom is 0.292 e. The Balaban J connectivity index is 2.05. The molecule has 1 aromatic heterocycles. The molecule has 0 atom stereocenters. The topological polar surface area (TPSA) is 83.2 Å². The molecule has 0 aliphatic rings. The summed E-state index contributed by atoms with van der Waals surface area (Å²) in [6.45, 7) is 1.68. The summed E-state index contributed by atoms with van der Waals surface area (Å²) >= 11 is 0. The van der Waals surface area contributed by atoms with Crippen molar-refractivity contribution in [1.29, 1.82) is 0 Å². The van der Waals surface area contributed by atoms with Crippen LogP contribution in [0.3, 0.4) is 0 Å². The number of nitrogens with one attached hydrogen (secondary N) is 1. The number of amides is 1. The number of rotatable bonds is 3. The molecule has 6 heteroatoms. The molecular weight excluding hydrogens is 299 g/mol. The highest BCUT2D eigenvalue weighted by Crippen LogP contribution is 2.33. The van der Waals surface area contributed by atoms with Crippen molar-refractivity contribution in [1.82, 2.24) is 10.7 Å². The van der Waals surface area contributed by atoms with Gasteiger partial charge in [-0.25, -0.2) is 9.37 Å². The molecule has 0 aliphatic heterocycles. The molecule has 2 aromatic carbocycles. The highest BCUT2D eigenvalue weighted by atomic mass is 19.1. The Hall–Kier alpha value is -3.15. The monoisotopic (exact) mass is 311 g/mol. The van der Waals surface area contributed by atoms with E-state index in [1.165, 1.54) is 24.3 Å². The minimum Gasteiger partial charge on any atom is -0.505 e. The van der Waals surface area contributed by atoms with Gasteiger partial charge in [-0.3, -0.25) is 10.5 Å². The van der Waals surface area contributed by atoms with Crippen LogP contribution in [-0.2, 0) is 0 Å². The van der Waals surface area contributed by atoms with E-state index in [4.69, 9.17) is 10.5 Å². The quantitative estimate of drug-likeness (QED) is 0.801. The number of aromatic hydroxyl groups is 1. The summed E-state index contributed by atoms with van der Waals surface area (Å²) in [5, 5.41) is 11.1. The largest absolute Gasteiger partial charge is 0.505 e. The van der Waals surface area contributed by atoms with Gasteiger partial charge in [0.25, 0.3) is 5.91 Å². The van der Waals surface area contributed by atoms with E-state index >= 15 is 0 Å². The zero-order valence-corrected chi connectivity index (χ0v) is 12.1. The van der Waals surface area contributed by atoms with Gasteiger partial charge in [-0.15, -0.1) is 0 Å². The number of pyridine rings is 1. The maximum absolute atomic E-state index is 12.9. The smallest absolute Gasteiger partial charge is 0.292 e. The molecule has 1 radical (unpaired) electrons. The normalized spacial score (nSPS) is 10.7. The maximum atomic E-state index is 12.9. The van der Waals surface area contributed by atoms with E-state index in [0.29, 0.717) is 28.0 Å². The number of fused-ring (bicyclic) bond motifs is 1. The van der Waals surface area contributed by atoms with Crippen LogP contribution in [-0.4, -0.2) is 16.0 Å². The second-order valence-corrected chi connectivity index (χ2v) is 4.99. The average Bonchev–Trinajstić information content (AvgIpc) is 2.53. The Morgan fingerprint density at radius 2 is 1.78 bits per heavy atom. The molecule has 0 aliphatic carbocycles. The lowest BCUT2D eigenvalue weighted by molar-refractivity contribution is 0.0984. The van der Waals surface area contributed by atoms with Gasteiger partial charge in [0, 0.05) is 16.5 Å². The third-order valence-electron chi connectivity index (χ3n) is 3.40. The number of nitrogens with zero attached hydrogens (tertiary/aromatic N) is 1. The third-order valence-corrected chi connectivity index (χ3v) is 3.40. The number of halogens is 1. The Bertz CT molecular complexity index is 908. The lowest BCUT2D eigenvalue weighted by Gasteiger charge is -2.10. The summed E-state index contributed by atoms with van der Waals surface area (Å²) < 4.78 is 18.5. The van der Waals surface area contributed by atoms with Crippen LogP contribution in [0.25, 0.3) is 10.8 Å². The molecule has 115 valence electrons. The number of aryl methyl sites for hydroxylation is 1. The molecule has 0 fully saturated rings. The van der Waals surface area contributed by atoms with E-state index in [1.807, 2.05) is 0 Å². The zero-order valence-electron chi connectivity index (χ0n) is 12.1. The van der Waals surface area contributed by atoms with Crippen molar-refractivity contribution in [3.63, 3.8) is 0 Å². The molecule has 0 saturated carbocycles. The van der Waals surface area contributed by atoms with Crippen molar-refractivity contribution in [2.75, 3.05) is 0 Å². The first kappa shape index (κ1) is 14.8. The number of aromatic nitrogens is 1. The highest BCUT2D eigenvalue weighted by molar-refractivity contribution is 6.01. The number of ether oxygens (including phenoxy) is 1. The fourth-order valence-electron chi connectivity index (χ4n) is 2.30. The van der Waals surface area contributed by atoms with Crippen molar-refractivity contribution in [3.05, 3.63) is 59.7 Å². The minimum absolute atomic E-state index is 0.276. The van der Waals surface area contributed by atoms with Crippen LogP contribution < -0.4 is 10.5 Å². The molecule has 5 nitrogen and oxygen atoms in total. The van der Waals surface area contributed by atoms with Gasteiger partial charge in [0.1, 0.15) is 17.3 Å². The van der Waals surface area contributed by atoms with Gasteiger partial charge >= 0.3 is 0 Å². The van der Waals surface area contributed by atoms with Gasteiger partial charge in [0.2, 0.25) is 0 Å². The second-order valence-electron chi connectivity index (χ2n) is 4.99. The minimum atomic E-state index is -1.04. The van der Waals surface area contributed by atoms with Gasteiger partial charge in [-0.2, -0.15) is 0 Å². The summed E-state index contributed by atoms with van der Waals surface area (Å²) in [5.41, 5.74) is 7.35. The summed E-state index contributed by atoms with van der Waals surface area (Å²) in [6, 6.07) is 10.5. The van der Waals surface area contributed by atoms with E-state index in [-0.39, 0.29) is 17.3 Å². The Morgan fingerprint density at radius 3 is 2.43 bits per heavy atom. The van der Waals surface area contributed by atoms with Crippen LogP contribution in [0.1, 0.15) is 16.2 Å². The van der Waals surface area contributed by atoms with Crippen molar-refractivity contribution in [3.8, 4) is 17.2 Å². The van der Waals surface area contributed by atoms with Crippen molar-refractivity contribution in [2.45, 2.75) is 6.92 Å². The van der Waals surface area contributed by atoms with Crippen LogP contribution in [0.2, 0.25) is 0 Å². The van der Waals surface area contributed by atoms with Crippen molar-refractivity contribution < 1.29 is 19.0 Å². The molecular formula is C17H12FN2O3. The number of hydrogen-bond donors (Lipinski definition) is 1. The van der Waals surface area contributed by atoms with Crippen molar-refractivity contribution in [2.24, 2.45) is 0 Å². The number of hydrogen-bond acceptors (Lipinski definition) is 4.